The number of hydrogen-bond donors (Lipinski definition) is 5. The third-order valence-electron chi connectivity index (χ3n) is 5.58. The van der Waals surface area contributed by atoms with E-state index in [1.54, 1.807) is 12.1 Å². The molecule has 11 nitrogen and oxygen atoms in total. The second-order valence-corrected chi connectivity index (χ2v) is 8.74. The summed E-state index contributed by atoms with van der Waals surface area (Å²) in [6, 6.07) is 7.28. The normalized spacial score (nSPS) is 20.0. The number of nitrogens with two attached hydrogens (primary N) is 1. The average molecular weight is 500 g/mol. The minimum absolute atomic E-state index is 0.00271. The van der Waals surface area contributed by atoms with Gasteiger partial charge in [0.05, 0.1) is 13.2 Å². The van der Waals surface area contributed by atoms with Gasteiger partial charge < -0.3 is 36.3 Å². The maximum atomic E-state index is 13.0. The molecule has 0 radical (unpaired) electrons. The summed E-state index contributed by atoms with van der Waals surface area (Å²) in [7, 11) is 0. The standard InChI is InChI=1S/C25H33N5O6/c1-16-15-35-10-2-3-11-36-19-7-4-17(5-8-19)12-20(23(31)28-16)29-25(34)30-21(24(32)33)13-18-6-9-22(26)27-14-18/h4-9,14,16,20-21H,2-3,10-13,15H2,1H3,(H2,26,27)(H,28,31)(H,32,33)(H2,29,30,34)/t16-,20+,21?/m0/s1. The highest BCUT2D eigenvalue weighted by molar-refractivity contribution is 5.89. The van der Waals surface area contributed by atoms with Gasteiger partial charge in [0.1, 0.15) is 23.7 Å². The minimum atomic E-state index is -1.23. The van der Waals surface area contributed by atoms with Crippen LogP contribution >= 0.6 is 0 Å². The smallest absolute Gasteiger partial charge is 0.326 e. The zero-order valence-electron chi connectivity index (χ0n) is 20.2. The largest absolute Gasteiger partial charge is 0.494 e. The number of carboxylic acid groups (broad SMARTS) is 1. The van der Waals surface area contributed by atoms with Crippen LogP contribution in [0.15, 0.2) is 42.6 Å². The quantitative estimate of drug-likeness (QED) is 0.410. The fourth-order valence-corrected chi connectivity index (χ4v) is 3.66. The highest BCUT2D eigenvalue weighted by atomic mass is 16.5. The Labute approximate surface area is 209 Å². The molecule has 11 heteroatoms. The van der Waals surface area contributed by atoms with Gasteiger partial charge in [-0.15, -0.1) is 0 Å². The summed E-state index contributed by atoms with van der Waals surface area (Å²) in [6.07, 6.45) is 3.35. The van der Waals surface area contributed by atoms with E-state index < -0.39 is 30.0 Å². The van der Waals surface area contributed by atoms with Gasteiger partial charge in [-0.2, -0.15) is 0 Å². The first-order chi connectivity index (χ1) is 17.3. The summed E-state index contributed by atoms with van der Waals surface area (Å²) in [6.45, 7) is 3.27. The van der Waals surface area contributed by atoms with Crippen molar-refractivity contribution < 1.29 is 29.0 Å². The molecule has 0 aliphatic carbocycles. The second kappa shape index (κ2) is 13.3. The molecular formula is C25H33N5O6. The van der Waals surface area contributed by atoms with Crippen LogP contribution in [-0.2, 0) is 27.2 Å². The Balaban J connectivity index is 1.70. The fourth-order valence-electron chi connectivity index (χ4n) is 3.66. The molecule has 1 unspecified atom stereocenters. The maximum absolute atomic E-state index is 13.0. The number of nitrogen functional groups attached to an aromatic ring is 1. The van der Waals surface area contributed by atoms with E-state index in [2.05, 4.69) is 20.9 Å². The third-order valence-corrected chi connectivity index (χ3v) is 5.58. The van der Waals surface area contributed by atoms with Crippen molar-refractivity contribution in [2.45, 2.75) is 50.7 Å². The van der Waals surface area contributed by atoms with Gasteiger partial charge in [-0.25, -0.2) is 14.6 Å². The first kappa shape index (κ1) is 26.7. The number of hydrogen-bond acceptors (Lipinski definition) is 7. The van der Waals surface area contributed by atoms with E-state index in [1.807, 2.05) is 31.2 Å². The Bertz CT molecular complexity index is 1010. The van der Waals surface area contributed by atoms with Crippen LogP contribution in [0, 0.1) is 0 Å². The van der Waals surface area contributed by atoms with E-state index >= 15 is 0 Å². The molecule has 3 atom stereocenters. The molecule has 1 aromatic heterocycles. The molecule has 1 aromatic carbocycles. The molecule has 2 bridgehead atoms. The molecule has 0 spiro atoms. The number of nitrogens with zero attached hydrogens (tertiary/aromatic N) is 1. The number of aliphatic carboxylic acids is 1. The van der Waals surface area contributed by atoms with Crippen molar-refractivity contribution in [3.05, 3.63) is 53.7 Å². The molecule has 3 heterocycles. The third kappa shape index (κ3) is 8.73. The first-order valence-corrected chi connectivity index (χ1v) is 11.9. The van der Waals surface area contributed by atoms with Gasteiger partial charge >= 0.3 is 12.0 Å². The van der Waals surface area contributed by atoms with Crippen LogP contribution in [0.4, 0.5) is 10.6 Å². The number of anilines is 1. The lowest BCUT2D eigenvalue weighted by Gasteiger charge is -2.23. The first-order valence-electron chi connectivity index (χ1n) is 11.9. The number of amides is 3. The average Bonchev–Trinajstić information content (AvgIpc) is 2.84. The van der Waals surface area contributed by atoms with Gasteiger partial charge in [0.25, 0.3) is 0 Å². The Morgan fingerprint density at radius 1 is 1.19 bits per heavy atom. The number of rotatable bonds is 5. The van der Waals surface area contributed by atoms with Gasteiger partial charge in [-0.05, 0) is 49.1 Å². The van der Waals surface area contributed by atoms with Gasteiger partial charge in [0, 0.05) is 31.7 Å². The van der Waals surface area contributed by atoms with Crippen LogP contribution in [0.1, 0.15) is 30.9 Å². The highest BCUT2D eigenvalue weighted by Crippen LogP contribution is 2.15. The summed E-state index contributed by atoms with van der Waals surface area (Å²) in [5.74, 6) is -0.593. The SMILES string of the molecule is C[C@H]1COCCCCOc2ccc(cc2)C[C@@H](NC(=O)NC(Cc2ccc(N)nc2)C(=O)O)C(=O)N1. The predicted octanol–water partition coefficient (Wildman–Crippen LogP) is 1.26. The molecule has 2 aliphatic rings. The van der Waals surface area contributed by atoms with Gasteiger partial charge in [0.15, 0.2) is 0 Å². The predicted molar refractivity (Wildman–Crippen MR) is 133 cm³/mol. The second-order valence-electron chi connectivity index (χ2n) is 8.74. The highest BCUT2D eigenvalue weighted by Gasteiger charge is 2.26. The number of carbonyl (C=O) groups excluding carboxylic acids is 2. The molecule has 3 amide bonds. The van der Waals surface area contributed by atoms with Crippen LogP contribution in [0.25, 0.3) is 0 Å². The number of benzene rings is 1. The number of fused-ring (bicyclic) bond motifs is 13. The van der Waals surface area contributed by atoms with E-state index in [-0.39, 0.29) is 18.9 Å². The van der Waals surface area contributed by atoms with Crippen LogP contribution in [0.5, 0.6) is 5.75 Å². The van der Waals surface area contributed by atoms with Crippen molar-refractivity contribution in [2.75, 3.05) is 25.6 Å². The van der Waals surface area contributed by atoms with E-state index in [0.717, 1.165) is 18.4 Å². The summed E-state index contributed by atoms with van der Waals surface area (Å²) >= 11 is 0. The van der Waals surface area contributed by atoms with Crippen molar-refractivity contribution in [3.8, 4) is 5.75 Å². The van der Waals surface area contributed by atoms with Crippen LogP contribution < -0.4 is 26.4 Å². The molecular weight excluding hydrogens is 466 g/mol. The molecule has 194 valence electrons. The molecule has 0 saturated carbocycles. The molecule has 2 aromatic rings. The monoisotopic (exact) mass is 499 g/mol. The van der Waals surface area contributed by atoms with E-state index in [9.17, 15) is 19.5 Å². The lowest BCUT2D eigenvalue weighted by Crippen LogP contribution is -2.55. The molecule has 36 heavy (non-hydrogen) atoms. The molecule has 6 N–H and O–H groups in total. The van der Waals surface area contributed by atoms with Crippen molar-refractivity contribution >= 4 is 23.7 Å². The molecule has 2 aliphatic heterocycles. The number of aromatic nitrogens is 1. The molecule has 0 saturated heterocycles. The zero-order valence-corrected chi connectivity index (χ0v) is 20.2. The Hall–Kier alpha value is -3.86. The Kier molecular flexibility index (Phi) is 9.87. The van der Waals surface area contributed by atoms with E-state index in [0.29, 0.717) is 37.0 Å². The topological polar surface area (TPSA) is 165 Å². The number of ether oxygens (including phenoxy) is 2. The van der Waals surface area contributed by atoms with Crippen LogP contribution in [0.2, 0.25) is 0 Å². The van der Waals surface area contributed by atoms with Gasteiger partial charge in [-0.3, -0.25) is 4.79 Å². The van der Waals surface area contributed by atoms with Gasteiger partial charge in [0.2, 0.25) is 5.91 Å². The van der Waals surface area contributed by atoms with Crippen molar-refractivity contribution in [1.82, 2.24) is 20.9 Å². The minimum Gasteiger partial charge on any atom is -0.494 e. The molecule has 4 rings (SSSR count). The van der Waals surface area contributed by atoms with Crippen molar-refractivity contribution in [1.29, 1.82) is 0 Å². The van der Waals surface area contributed by atoms with Gasteiger partial charge in [-0.1, -0.05) is 18.2 Å². The number of carboxylic acids is 1. The lowest BCUT2D eigenvalue weighted by atomic mass is 10.0. The summed E-state index contributed by atoms with van der Waals surface area (Å²) in [5.41, 5.74) is 6.97. The van der Waals surface area contributed by atoms with E-state index in [4.69, 9.17) is 15.2 Å². The maximum Gasteiger partial charge on any atom is 0.326 e. The lowest BCUT2D eigenvalue weighted by molar-refractivity contribution is -0.139. The van der Waals surface area contributed by atoms with Crippen LogP contribution in [-0.4, -0.2) is 65.9 Å². The van der Waals surface area contributed by atoms with Crippen molar-refractivity contribution in [3.63, 3.8) is 0 Å². The fraction of sp³-hybridized carbons (Fsp3) is 0.440. The van der Waals surface area contributed by atoms with E-state index in [1.165, 1.54) is 6.20 Å². The Morgan fingerprint density at radius 3 is 2.64 bits per heavy atom. The number of urea groups is 1. The summed E-state index contributed by atoms with van der Waals surface area (Å²) < 4.78 is 11.4. The zero-order chi connectivity index (χ0) is 25.9. The molecule has 0 fully saturated rings. The Morgan fingerprint density at radius 2 is 1.94 bits per heavy atom. The number of nitrogens with one attached hydrogen (secondary N) is 3. The number of pyridine rings is 1. The number of carbonyl (C=O) groups is 3. The summed E-state index contributed by atoms with van der Waals surface area (Å²) in [5, 5.41) is 17.5. The van der Waals surface area contributed by atoms with Crippen LogP contribution in [0.3, 0.4) is 0 Å². The van der Waals surface area contributed by atoms with Crippen molar-refractivity contribution in [2.24, 2.45) is 0 Å². The summed E-state index contributed by atoms with van der Waals surface area (Å²) in [4.78, 5) is 41.5.